The molecular formula is C16H17N3O. The van der Waals surface area contributed by atoms with Gasteiger partial charge >= 0.3 is 0 Å². The number of nitrogens with zero attached hydrogens (tertiary/aromatic N) is 3. The van der Waals surface area contributed by atoms with Gasteiger partial charge in [-0.05, 0) is 31.2 Å². The molecule has 0 aromatic carbocycles. The molecule has 0 saturated heterocycles. The van der Waals surface area contributed by atoms with Crippen molar-refractivity contribution in [3.63, 3.8) is 0 Å². The van der Waals surface area contributed by atoms with Crippen LogP contribution in [-0.4, -0.2) is 15.8 Å². The molecule has 2 aliphatic carbocycles. The number of nitriles is 1. The van der Waals surface area contributed by atoms with E-state index in [-0.39, 0.29) is 28.6 Å². The molecule has 0 aliphatic heterocycles. The molecule has 20 heavy (non-hydrogen) atoms. The highest BCUT2D eigenvalue weighted by Crippen LogP contribution is 2.48. The highest BCUT2D eigenvalue weighted by atomic mass is 16.1. The Morgan fingerprint density at radius 3 is 2.95 bits per heavy atom. The van der Waals surface area contributed by atoms with Gasteiger partial charge in [0.1, 0.15) is 11.9 Å². The van der Waals surface area contributed by atoms with Crippen molar-refractivity contribution in [1.29, 1.82) is 5.26 Å². The molecule has 0 fully saturated rings. The maximum atomic E-state index is 12.2. The molecule has 0 amide bonds. The third kappa shape index (κ3) is 1.62. The zero-order chi connectivity index (χ0) is 14.5. The van der Waals surface area contributed by atoms with Crippen LogP contribution in [0.1, 0.15) is 37.4 Å². The minimum absolute atomic E-state index is 0.0239. The molecule has 1 aromatic heterocycles. The molecule has 1 aromatic rings. The van der Waals surface area contributed by atoms with Crippen molar-refractivity contribution in [2.75, 3.05) is 0 Å². The van der Waals surface area contributed by atoms with Gasteiger partial charge < -0.3 is 0 Å². The lowest BCUT2D eigenvalue weighted by molar-refractivity contribution is -0.121. The number of aryl methyl sites for hydroxylation is 2. The van der Waals surface area contributed by atoms with E-state index in [2.05, 4.69) is 23.0 Å². The average Bonchev–Trinajstić information content (AvgIpc) is 2.43. The second-order valence-corrected chi connectivity index (χ2v) is 6.04. The van der Waals surface area contributed by atoms with Crippen LogP contribution in [0.3, 0.4) is 0 Å². The van der Waals surface area contributed by atoms with E-state index in [1.165, 1.54) is 0 Å². The summed E-state index contributed by atoms with van der Waals surface area (Å²) in [6, 6.07) is 2.06. The fraction of sp³-hybridized carbons (Fsp3) is 0.500. The Bertz CT molecular complexity index is 671. The first-order chi connectivity index (χ1) is 9.47. The molecule has 4 nitrogen and oxygen atoms in total. The number of fused-ring (bicyclic) bond motifs is 3. The van der Waals surface area contributed by atoms with Crippen molar-refractivity contribution < 1.29 is 4.79 Å². The van der Waals surface area contributed by atoms with Crippen molar-refractivity contribution in [1.82, 2.24) is 9.97 Å². The molecule has 102 valence electrons. The van der Waals surface area contributed by atoms with E-state index in [9.17, 15) is 10.1 Å². The van der Waals surface area contributed by atoms with E-state index in [0.717, 1.165) is 29.9 Å². The molecule has 2 aliphatic rings. The number of hydrogen-bond acceptors (Lipinski definition) is 4. The number of aromatic nitrogens is 2. The fourth-order valence-electron chi connectivity index (χ4n) is 3.76. The van der Waals surface area contributed by atoms with Crippen molar-refractivity contribution in [2.24, 2.45) is 11.8 Å². The monoisotopic (exact) mass is 267 g/mol. The number of allylic oxidation sites excluding steroid dienone is 2. The van der Waals surface area contributed by atoms with Crippen LogP contribution >= 0.6 is 0 Å². The highest BCUT2D eigenvalue weighted by molar-refractivity contribution is 6.02. The quantitative estimate of drug-likeness (QED) is 0.723. The van der Waals surface area contributed by atoms with Gasteiger partial charge in [-0.3, -0.25) is 4.79 Å². The SMILES string of the molecule is Cc1ncc2c(n1)[C@@]1(C)C=C(C#N)C(=O)[C@@H](C)[C@@H]1CC2. The lowest BCUT2D eigenvalue weighted by Gasteiger charge is -2.45. The standard InChI is InChI=1S/C16H17N3O/c1-9-13-5-4-11-8-18-10(2)19-15(11)16(13,3)6-12(7-17)14(9)20/h6,8-9,13H,4-5H2,1-3H3/t9-,13-,16-/m0/s1. The summed E-state index contributed by atoms with van der Waals surface area (Å²) in [7, 11) is 0. The maximum Gasteiger partial charge on any atom is 0.176 e. The summed E-state index contributed by atoms with van der Waals surface area (Å²) in [5.41, 5.74) is 2.08. The van der Waals surface area contributed by atoms with Crippen LogP contribution in [0.25, 0.3) is 0 Å². The van der Waals surface area contributed by atoms with Gasteiger partial charge in [0, 0.05) is 17.5 Å². The van der Waals surface area contributed by atoms with Gasteiger partial charge in [0.15, 0.2) is 5.78 Å². The Labute approximate surface area is 118 Å². The van der Waals surface area contributed by atoms with Crippen LogP contribution in [0.15, 0.2) is 17.8 Å². The highest BCUT2D eigenvalue weighted by Gasteiger charge is 2.48. The summed E-state index contributed by atoms with van der Waals surface area (Å²) in [6.45, 7) is 5.91. The number of ketones is 1. The topological polar surface area (TPSA) is 66.6 Å². The van der Waals surface area contributed by atoms with Crippen molar-refractivity contribution >= 4 is 5.78 Å². The summed E-state index contributed by atoms with van der Waals surface area (Å²) >= 11 is 0. The zero-order valence-electron chi connectivity index (χ0n) is 12.0. The van der Waals surface area contributed by atoms with E-state index in [4.69, 9.17) is 0 Å². The Kier molecular flexibility index (Phi) is 2.75. The number of carbonyl (C=O) groups excluding carboxylic acids is 1. The van der Waals surface area contributed by atoms with Gasteiger partial charge in [0.05, 0.1) is 11.3 Å². The summed E-state index contributed by atoms with van der Waals surface area (Å²) in [4.78, 5) is 21.1. The maximum absolute atomic E-state index is 12.2. The smallest absolute Gasteiger partial charge is 0.176 e. The molecular weight excluding hydrogens is 250 g/mol. The number of Topliss-reactive ketones (excluding diaryl/α,β-unsaturated/α-hetero) is 1. The third-order valence-corrected chi connectivity index (χ3v) is 4.84. The van der Waals surface area contributed by atoms with Gasteiger partial charge in [0.2, 0.25) is 0 Å². The van der Waals surface area contributed by atoms with Crippen LogP contribution in [-0.2, 0) is 16.6 Å². The second kappa shape index (κ2) is 4.24. The molecule has 1 heterocycles. The minimum Gasteiger partial charge on any atom is -0.293 e. The van der Waals surface area contributed by atoms with Gasteiger partial charge in [0.25, 0.3) is 0 Å². The largest absolute Gasteiger partial charge is 0.293 e. The molecule has 0 saturated carbocycles. The van der Waals surface area contributed by atoms with Gasteiger partial charge in [-0.25, -0.2) is 9.97 Å². The Morgan fingerprint density at radius 2 is 2.25 bits per heavy atom. The predicted octanol–water partition coefficient (Wildman–Crippen LogP) is 2.27. The van der Waals surface area contributed by atoms with E-state index in [0.29, 0.717) is 0 Å². The summed E-state index contributed by atoms with van der Waals surface area (Å²) in [5.74, 6) is 0.809. The number of hydrogen-bond donors (Lipinski definition) is 0. The third-order valence-electron chi connectivity index (χ3n) is 4.84. The van der Waals surface area contributed by atoms with Crippen LogP contribution in [0.4, 0.5) is 0 Å². The minimum atomic E-state index is -0.334. The lowest BCUT2D eigenvalue weighted by atomic mass is 9.58. The molecule has 3 rings (SSSR count). The zero-order valence-corrected chi connectivity index (χ0v) is 12.0. The molecule has 0 unspecified atom stereocenters. The fourth-order valence-corrected chi connectivity index (χ4v) is 3.76. The van der Waals surface area contributed by atoms with Crippen molar-refractivity contribution in [3.8, 4) is 6.07 Å². The average molecular weight is 267 g/mol. The second-order valence-electron chi connectivity index (χ2n) is 6.04. The summed E-state index contributed by atoms with van der Waals surface area (Å²) in [5, 5.41) is 9.21. The van der Waals surface area contributed by atoms with E-state index in [1.54, 1.807) is 0 Å². The first kappa shape index (κ1) is 13.0. The van der Waals surface area contributed by atoms with E-state index >= 15 is 0 Å². The normalized spacial score (nSPS) is 31.9. The van der Waals surface area contributed by atoms with E-state index < -0.39 is 0 Å². The number of rotatable bonds is 0. The lowest BCUT2D eigenvalue weighted by Crippen LogP contribution is -2.46. The first-order valence-electron chi connectivity index (χ1n) is 6.97. The molecule has 0 radical (unpaired) electrons. The van der Waals surface area contributed by atoms with Crippen LogP contribution in [0, 0.1) is 30.1 Å². The van der Waals surface area contributed by atoms with Crippen molar-refractivity contribution in [3.05, 3.63) is 34.9 Å². The number of carbonyl (C=O) groups is 1. The van der Waals surface area contributed by atoms with Crippen LogP contribution in [0.2, 0.25) is 0 Å². The molecule has 4 heteroatoms. The molecule has 0 bridgehead atoms. The van der Waals surface area contributed by atoms with Gasteiger partial charge in [-0.15, -0.1) is 0 Å². The van der Waals surface area contributed by atoms with Gasteiger partial charge in [-0.1, -0.05) is 19.9 Å². The summed E-state index contributed by atoms with van der Waals surface area (Å²) < 4.78 is 0. The first-order valence-corrected chi connectivity index (χ1v) is 6.97. The van der Waals surface area contributed by atoms with Crippen molar-refractivity contribution in [2.45, 2.75) is 39.0 Å². The molecule has 0 N–H and O–H groups in total. The Balaban J connectivity index is 2.25. The Morgan fingerprint density at radius 1 is 1.50 bits per heavy atom. The van der Waals surface area contributed by atoms with Gasteiger partial charge in [-0.2, -0.15) is 5.26 Å². The Hall–Kier alpha value is -2.02. The van der Waals surface area contributed by atoms with E-state index in [1.807, 2.05) is 26.1 Å². The molecule has 3 atom stereocenters. The van der Waals surface area contributed by atoms with Crippen LogP contribution < -0.4 is 0 Å². The molecule has 0 spiro atoms. The summed E-state index contributed by atoms with van der Waals surface area (Å²) in [6.07, 6.45) is 5.58. The predicted molar refractivity (Wildman–Crippen MR) is 73.8 cm³/mol. The van der Waals surface area contributed by atoms with Crippen LogP contribution in [0.5, 0.6) is 0 Å².